The number of aliphatic carboxylic acids is 3. The van der Waals surface area contributed by atoms with Crippen molar-refractivity contribution >= 4 is 46.5 Å². The first-order valence-corrected chi connectivity index (χ1v) is 12.2. The fraction of sp³-hybridized carbons (Fsp3) is 0.440. The molecule has 0 aliphatic heterocycles. The van der Waals surface area contributed by atoms with Crippen LogP contribution in [0.1, 0.15) is 38.7 Å². The molecule has 2 aromatic rings. The van der Waals surface area contributed by atoms with Crippen molar-refractivity contribution in [3.8, 4) is 0 Å². The third kappa shape index (κ3) is 9.10. The number of aromatic nitrogens is 1. The van der Waals surface area contributed by atoms with Gasteiger partial charge < -0.3 is 42.0 Å². The molecule has 4 atom stereocenters. The fourth-order valence-electron chi connectivity index (χ4n) is 3.76. The summed E-state index contributed by atoms with van der Waals surface area (Å²) in [5.74, 6) is -7.25. The second-order valence-corrected chi connectivity index (χ2v) is 9.39. The molecule has 0 radical (unpaired) electrons. The fourth-order valence-corrected chi connectivity index (χ4v) is 3.76. The van der Waals surface area contributed by atoms with Crippen LogP contribution in [-0.4, -0.2) is 80.1 Å². The Morgan fingerprint density at radius 3 is 2.03 bits per heavy atom. The normalized spacial score (nSPS) is 14.2. The first-order chi connectivity index (χ1) is 18.3. The van der Waals surface area contributed by atoms with Crippen LogP contribution < -0.4 is 21.7 Å². The average Bonchev–Trinajstić information content (AvgIpc) is 3.27. The minimum atomic E-state index is -1.72. The Morgan fingerprint density at radius 1 is 0.846 bits per heavy atom. The molecule has 1 aromatic heterocycles. The molecule has 1 aromatic carbocycles. The van der Waals surface area contributed by atoms with Gasteiger partial charge in [-0.15, -0.1) is 0 Å². The minimum Gasteiger partial charge on any atom is -0.481 e. The summed E-state index contributed by atoms with van der Waals surface area (Å²) >= 11 is 0. The Morgan fingerprint density at radius 2 is 1.44 bits per heavy atom. The van der Waals surface area contributed by atoms with Gasteiger partial charge in [0.1, 0.15) is 18.1 Å². The summed E-state index contributed by atoms with van der Waals surface area (Å²) in [6.07, 6.45) is -0.319. The maximum Gasteiger partial charge on any atom is 0.326 e. The molecule has 0 aliphatic carbocycles. The van der Waals surface area contributed by atoms with Crippen molar-refractivity contribution in [3.63, 3.8) is 0 Å². The molecule has 212 valence electrons. The van der Waals surface area contributed by atoms with Gasteiger partial charge in [0, 0.05) is 29.9 Å². The molecule has 3 amide bonds. The van der Waals surface area contributed by atoms with Crippen molar-refractivity contribution in [2.75, 3.05) is 0 Å². The van der Waals surface area contributed by atoms with Crippen molar-refractivity contribution < 1.29 is 44.1 Å². The van der Waals surface area contributed by atoms with Crippen LogP contribution >= 0.6 is 0 Å². The number of carboxylic acids is 3. The number of rotatable bonds is 15. The second-order valence-electron chi connectivity index (χ2n) is 9.39. The molecule has 4 unspecified atom stereocenters. The van der Waals surface area contributed by atoms with Gasteiger partial charge >= 0.3 is 17.9 Å². The third-order valence-electron chi connectivity index (χ3n) is 6.03. The van der Waals surface area contributed by atoms with Crippen molar-refractivity contribution in [3.05, 3.63) is 36.0 Å². The van der Waals surface area contributed by atoms with E-state index in [1.165, 1.54) is 0 Å². The van der Waals surface area contributed by atoms with E-state index in [0.717, 1.165) is 10.9 Å². The highest BCUT2D eigenvalue weighted by molar-refractivity contribution is 5.96. The highest BCUT2D eigenvalue weighted by Crippen LogP contribution is 2.19. The molecule has 0 spiro atoms. The van der Waals surface area contributed by atoms with Crippen LogP contribution in [0.2, 0.25) is 0 Å². The molecule has 2 rings (SSSR count). The standard InChI is InChI=1S/C25H33N5O9/c1-12(2)21(26)24(37)28-16(7-8-19(31)32)22(35)29-17(10-20(33)34)23(36)30-18(25(38)39)9-13-11-27-15-6-4-3-5-14(13)15/h3-6,11-12,16-18,21,27H,7-10,26H2,1-2H3,(H,28,37)(H,29,35)(H,30,36)(H,31,32)(H,33,34)(H,38,39). The lowest BCUT2D eigenvalue weighted by molar-refractivity contribution is -0.143. The summed E-state index contributed by atoms with van der Waals surface area (Å²) in [6.45, 7) is 3.33. The number of carbonyl (C=O) groups excluding carboxylic acids is 3. The zero-order valence-electron chi connectivity index (χ0n) is 21.5. The highest BCUT2D eigenvalue weighted by atomic mass is 16.4. The van der Waals surface area contributed by atoms with Gasteiger partial charge in [0.15, 0.2) is 0 Å². The first kappa shape index (κ1) is 30.8. The zero-order valence-corrected chi connectivity index (χ0v) is 21.5. The Balaban J connectivity index is 2.20. The number of carboxylic acid groups (broad SMARTS) is 3. The Labute approximate surface area is 223 Å². The van der Waals surface area contributed by atoms with E-state index in [4.69, 9.17) is 10.8 Å². The monoisotopic (exact) mass is 547 g/mol. The zero-order chi connectivity index (χ0) is 29.3. The number of nitrogens with one attached hydrogen (secondary N) is 4. The van der Waals surface area contributed by atoms with Crippen LogP contribution in [0, 0.1) is 5.92 Å². The largest absolute Gasteiger partial charge is 0.481 e. The summed E-state index contributed by atoms with van der Waals surface area (Å²) < 4.78 is 0. The SMILES string of the molecule is CC(C)C(N)C(=O)NC(CCC(=O)O)C(=O)NC(CC(=O)O)C(=O)NC(Cc1c[nH]c2ccccc12)C(=O)O. The van der Waals surface area contributed by atoms with Gasteiger partial charge in [0.05, 0.1) is 12.5 Å². The van der Waals surface area contributed by atoms with E-state index in [-0.39, 0.29) is 18.8 Å². The molecule has 0 bridgehead atoms. The summed E-state index contributed by atoms with van der Waals surface area (Å²) in [6, 6.07) is 1.49. The number of hydrogen-bond acceptors (Lipinski definition) is 7. The van der Waals surface area contributed by atoms with Crippen molar-refractivity contribution in [2.45, 2.75) is 63.7 Å². The maximum absolute atomic E-state index is 13.0. The average molecular weight is 548 g/mol. The molecule has 1 heterocycles. The Kier molecular flexibility index (Phi) is 11.0. The topological polar surface area (TPSA) is 241 Å². The number of hydrogen-bond donors (Lipinski definition) is 8. The minimum absolute atomic E-state index is 0.136. The van der Waals surface area contributed by atoms with Gasteiger partial charge in [-0.25, -0.2) is 4.79 Å². The van der Waals surface area contributed by atoms with Crippen molar-refractivity contribution in [2.24, 2.45) is 11.7 Å². The second kappa shape index (κ2) is 13.9. The van der Waals surface area contributed by atoms with E-state index in [9.17, 15) is 39.0 Å². The van der Waals surface area contributed by atoms with Gasteiger partial charge in [0.25, 0.3) is 0 Å². The van der Waals surface area contributed by atoms with E-state index < -0.39 is 72.6 Å². The van der Waals surface area contributed by atoms with E-state index >= 15 is 0 Å². The molecular formula is C25H33N5O9. The number of para-hydroxylation sites is 1. The van der Waals surface area contributed by atoms with Gasteiger partial charge in [-0.2, -0.15) is 0 Å². The molecule has 9 N–H and O–H groups in total. The highest BCUT2D eigenvalue weighted by Gasteiger charge is 2.32. The number of aromatic amines is 1. The smallest absolute Gasteiger partial charge is 0.326 e. The van der Waals surface area contributed by atoms with Crippen LogP contribution in [0.4, 0.5) is 0 Å². The number of fused-ring (bicyclic) bond motifs is 1. The molecular weight excluding hydrogens is 514 g/mol. The summed E-state index contributed by atoms with van der Waals surface area (Å²) in [5, 5.41) is 35.6. The lowest BCUT2D eigenvalue weighted by Gasteiger charge is -2.25. The van der Waals surface area contributed by atoms with Gasteiger partial charge in [-0.3, -0.25) is 24.0 Å². The molecule has 0 aliphatic rings. The summed E-state index contributed by atoms with van der Waals surface area (Å²) in [4.78, 5) is 75.7. The third-order valence-corrected chi connectivity index (χ3v) is 6.03. The molecule has 39 heavy (non-hydrogen) atoms. The van der Waals surface area contributed by atoms with Crippen LogP contribution in [0.3, 0.4) is 0 Å². The van der Waals surface area contributed by atoms with Crippen molar-refractivity contribution in [1.82, 2.24) is 20.9 Å². The van der Waals surface area contributed by atoms with Gasteiger partial charge in [0.2, 0.25) is 17.7 Å². The number of carbonyl (C=O) groups is 6. The van der Waals surface area contributed by atoms with Crippen LogP contribution in [0.5, 0.6) is 0 Å². The molecule has 14 heteroatoms. The van der Waals surface area contributed by atoms with Crippen molar-refractivity contribution in [1.29, 1.82) is 0 Å². The first-order valence-electron chi connectivity index (χ1n) is 12.2. The lowest BCUT2D eigenvalue weighted by atomic mass is 10.0. The molecule has 14 nitrogen and oxygen atoms in total. The Hall–Kier alpha value is -4.46. The van der Waals surface area contributed by atoms with E-state index in [0.29, 0.717) is 5.56 Å². The number of nitrogens with two attached hydrogens (primary N) is 1. The van der Waals surface area contributed by atoms with Gasteiger partial charge in [-0.1, -0.05) is 32.0 Å². The van der Waals surface area contributed by atoms with E-state index in [2.05, 4.69) is 20.9 Å². The molecule has 0 saturated carbocycles. The number of benzene rings is 1. The van der Waals surface area contributed by atoms with Crippen LogP contribution in [-0.2, 0) is 35.2 Å². The predicted molar refractivity (Wildman–Crippen MR) is 137 cm³/mol. The van der Waals surface area contributed by atoms with Crippen LogP contribution in [0.15, 0.2) is 30.5 Å². The maximum atomic E-state index is 13.0. The summed E-state index contributed by atoms with van der Waals surface area (Å²) in [5.41, 5.74) is 7.14. The Bertz CT molecular complexity index is 1230. The molecule has 0 fully saturated rings. The number of H-pyrrole nitrogens is 1. The predicted octanol–water partition coefficient (Wildman–Crippen LogP) is -0.428. The quantitative estimate of drug-likeness (QED) is 0.143. The van der Waals surface area contributed by atoms with E-state index in [1.807, 2.05) is 0 Å². The number of amides is 3. The molecule has 0 saturated heterocycles. The van der Waals surface area contributed by atoms with E-state index in [1.54, 1.807) is 44.3 Å². The van der Waals surface area contributed by atoms with Crippen LogP contribution in [0.25, 0.3) is 10.9 Å². The van der Waals surface area contributed by atoms with Gasteiger partial charge in [-0.05, 0) is 24.0 Å². The summed E-state index contributed by atoms with van der Waals surface area (Å²) in [7, 11) is 0. The lowest BCUT2D eigenvalue weighted by Crippen LogP contribution is -2.58.